The van der Waals surface area contributed by atoms with Gasteiger partial charge in [0.2, 0.25) is 0 Å². The first-order valence-electron chi connectivity index (χ1n) is 7.76. The second-order valence-corrected chi connectivity index (χ2v) is 5.77. The van der Waals surface area contributed by atoms with Gasteiger partial charge in [-0.15, -0.1) is 0 Å². The molecule has 1 aliphatic rings. The highest BCUT2D eigenvalue weighted by atomic mass is 16.3. The summed E-state index contributed by atoms with van der Waals surface area (Å²) in [6.45, 7) is 2.99. The molecular weight excluding hydrogens is 292 g/mol. The lowest BCUT2D eigenvalue weighted by Crippen LogP contribution is -2.44. The molecule has 0 unspecified atom stereocenters. The van der Waals surface area contributed by atoms with Gasteiger partial charge in [0.25, 0.3) is 0 Å². The molecule has 0 radical (unpaired) electrons. The van der Waals surface area contributed by atoms with Crippen LogP contribution in [0.25, 0.3) is 11.4 Å². The maximum absolute atomic E-state index is 12.2. The molecule has 6 heteroatoms. The molecule has 1 aromatic heterocycles. The normalized spacial score (nSPS) is 17.8. The third kappa shape index (κ3) is 3.84. The van der Waals surface area contributed by atoms with Gasteiger partial charge < -0.3 is 15.3 Å². The number of nitrogens with one attached hydrogen (secondary N) is 1. The van der Waals surface area contributed by atoms with E-state index in [0.717, 1.165) is 24.1 Å². The minimum atomic E-state index is -0.421. The van der Waals surface area contributed by atoms with Crippen LogP contribution in [-0.4, -0.2) is 45.2 Å². The number of amides is 2. The molecule has 23 heavy (non-hydrogen) atoms. The Hall–Kier alpha value is -2.47. The molecule has 1 saturated heterocycles. The minimum absolute atomic E-state index is 0.177. The number of aliphatic hydroxyl groups excluding tert-OH is 1. The van der Waals surface area contributed by atoms with Crippen molar-refractivity contribution in [2.45, 2.75) is 25.9 Å². The number of carbonyl (C=O) groups is 1. The molecule has 2 aromatic rings. The number of likely N-dealkylation sites (tertiary alicyclic amines) is 1. The number of hydrogen-bond acceptors (Lipinski definition) is 4. The van der Waals surface area contributed by atoms with Gasteiger partial charge in [0.15, 0.2) is 5.82 Å². The Kier molecular flexibility index (Phi) is 4.52. The number of aryl methyl sites for hydroxylation is 1. The third-order valence-corrected chi connectivity index (χ3v) is 3.87. The number of nitrogens with zero attached hydrogens (tertiary/aromatic N) is 3. The van der Waals surface area contributed by atoms with Gasteiger partial charge >= 0.3 is 6.03 Å². The molecule has 120 valence electrons. The van der Waals surface area contributed by atoms with Crippen molar-refractivity contribution in [1.29, 1.82) is 0 Å². The van der Waals surface area contributed by atoms with Crippen molar-refractivity contribution >= 4 is 11.7 Å². The van der Waals surface area contributed by atoms with Gasteiger partial charge in [-0.1, -0.05) is 0 Å². The van der Waals surface area contributed by atoms with Crippen LogP contribution in [0.1, 0.15) is 18.5 Å². The van der Waals surface area contributed by atoms with Gasteiger partial charge in [-0.2, -0.15) is 0 Å². The summed E-state index contributed by atoms with van der Waals surface area (Å²) in [5, 5.41) is 12.5. The lowest BCUT2D eigenvalue weighted by molar-refractivity contribution is 0.0883. The molecule has 2 N–H and O–H groups in total. The average molecular weight is 312 g/mol. The number of aliphatic hydroxyl groups is 1. The number of hydrogen-bond donors (Lipinski definition) is 2. The van der Waals surface area contributed by atoms with Crippen LogP contribution >= 0.6 is 0 Å². The largest absolute Gasteiger partial charge is 0.391 e. The van der Waals surface area contributed by atoms with Gasteiger partial charge in [0.1, 0.15) is 0 Å². The van der Waals surface area contributed by atoms with E-state index in [1.165, 1.54) is 0 Å². The Morgan fingerprint density at radius 1 is 1.30 bits per heavy atom. The molecular formula is C17H20N4O2. The van der Waals surface area contributed by atoms with E-state index >= 15 is 0 Å². The van der Waals surface area contributed by atoms with Gasteiger partial charge in [-0.05, 0) is 50.1 Å². The average Bonchev–Trinajstić information content (AvgIpc) is 2.55. The number of rotatable bonds is 2. The van der Waals surface area contributed by atoms with Crippen molar-refractivity contribution < 1.29 is 9.90 Å². The van der Waals surface area contributed by atoms with Gasteiger partial charge in [0.05, 0.1) is 6.10 Å². The van der Waals surface area contributed by atoms with Crippen molar-refractivity contribution in [1.82, 2.24) is 14.9 Å². The summed E-state index contributed by atoms with van der Waals surface area (Å²) in [4.78, 5) is 22.5. The van der Waals surface area contributed by atoms with Gasteiger partial charge in [-0.3, -0.25) is 0 Å². The van der Waals surface area contributed by atoms with Crippen LogP contribution in [0.3, 0.4) is 0 Å². The second-order valence-electron chi connectivity index (χ2n) is 5.77. The number of anilines is 1. The first-order chi connectivity index (χ1) is 11.1. The molecule has 1 fully saturated rings. The highest BCUT2D eigenvalue weighted by Gasteiger charge is 2.21. The zero-order valence-corrected chi connectivity index (χ0v) is 13.1. The number of carbonyl (C=O) groups excluding carboxylic acids is 1. The number of β-amino-alcohol motifs (C(OH)–C–C–N with tert-alkyl or cyclic N) is 1. The molecule has 0 aliphatic carbocycles. The molecule has 3 rings (SSSR count). The highest BCUT2D eigenvalue weighted by molar-refractivity contribution is 5.89. The Balaban J connectivity index is 1.66. The molecule has 1 aliphatic heterocycles. The summed E-state index contributed by atoms with van der Waals surface area (Å²) in [5.74, 6) is 0.669. The van der Waals surface area contributed by atoms with Crippen molar-refractivity contribution in [3.05, 3.63) is 42.2 Å². The molecule has 1 aromatic carbocycles. The predicted octanol–water partition coefficient (Wildman–Crippen LogP) is 2.44. The van der Waals surface area contributed by atoms with Gasteiger partial charge in [-0.25, -0.2) is 14.8 Å². The summed E-state index contributed by atoms with van der Waals surface area (Å²) < 4.78 is 0. The van der Waals surface area contributed by atoms with Crippen molar-refractivity contribution in [2.75, 3.05) is 18.4 Å². The van der Waals surface area contributed by atoms with E-state index in [0.29, 0.717) is 24.6 Å². The molecule has 0 saturated carbocycles. The molecule has 0 bridgehead atoms. The first kappa shape index (κ1) is 15.4. The van der Waals surface area contributed by atoms with Crippen LogP contribution in [0.4, 0.5) is 10.5 Å². The topological polar surface area (TPSA) is 78.4 Å². The summed E-state index contributed by atoms with van der Waals surface area (Å²) in [6, 6.07) is 9.11. The molecule has 2 amide bonds. The Bertz CT molecular complexity index is 687. The van der Waals surface area contributed by atoms with E-state index < -0.39 is 6.10 Å². The van der Waals surface area contributed by atoms with Crippen LogP contribution in [0, 0.1) is 6.92 Å². The fourth-order valence-corrected chi connectivity index (χ4v) is 2.63. The predicted molar refractivity (Wildman–Crippen MR) is 88.0 cm³/mol. The van der Waals surface area contributed by atoms with Crippen LogP contribution in [0.2, 0.25) is 0 Å². The van der Waals surface area contributed by atoms with Crippen molar-refractivity contribution in [2.24, 2.45) is 0 Å². The Morgan fingerprint density at radius 3 is 2.78 bits per heavy atom. The lowest BCUT2D eigenvalue weighted by atomic mass is 10.1. The van der Waals surface area contributed by atoms with E-state index in [1.54, 1.807) is 11.1 Å². The van der Waals surface area contributed by atoms with E-state index in [9.17, 15) is 9.90 Å². The zero-order valence-electron chi connectivity index (χ0n) is 13.1. The van der Waals surface area contributed by atoms with Crippen LogP contribution in [0.5, 0.6) is 0 Å². The third-order valence-electron chi connectivity index (χ3n) is 3.87. The smallest absolute Gasteiger partial charge is 0.321 e. The van der Waals surface area contributed by atoms with Gasteiger partial charge in [0, 0.05) is 36.2 Å². The monoisotopic (exact) mass is 312 g/mol. The lowest BCUT2D eigenvalue weighted by Gasteiger charge is -2.30. The van der Waals surface area contributed by atoms with E-state index in [-0.39, 0.29) is 6.03 Å². The Labute approximate surface area is 135 Å². The standard InChI is InChI=1S/C17H20N4O2/c1-12-8-9-18-16(19-12)13-4-6-14(7-5-13)20-17(23)21-10-2-3-15(22)11-21/h4-9,15,22H,2-3,10-11H2,1H3,(H,20,23)/t15-/m1/s1. The number of aromatic nitrogens is 2. The summed E-state index contributed by atoms with van der Waals surface area (Å²) >= 11 is 0. The fraction of sp³-hybridized carbons (Fsp3) is 0.353. The summed E-state index contributed by atoms with van der Waals surface area (Å²) in [6.07, 6.45) is 2.90. The molecule has 2 heterocycles. The zero-order chi connectivity index (χ0) is 16.2. The maximum Gasteiger partial charge on any atom is 0.321 e. The Morgan fingerprint density at radius 2 is 2.09 bits per heavy atom. The quantitative estimate of drug-likeness (QED) is 0.893. The van der Waals surface area contributed by atoms with Crippen molar-refractivity contribution in [3.63, 3.8) is 0 Å². The van der Waals surface area contributed by atoms with E-state index in [4.69, 9.17) is 0 Å². The van der Waals surface area contributed by atoms with Crippen LogP contribution in [-0.2, 0) is 0 Å². The fourth-order valence-electron chi connectivity index (χ4n) is 2.63. The summed E-state index contributed by atoms with van der Waals surface area (Å²) in [5.41, 5.74) is 2.53. The minimum Gasteiger partial charge on any atom is -0.391 e. The van der Waals surface area contributed by atoms with Crippen LogP contribution < -0.4 is 5.32 Å². The summed E-state index contributed by atoms with van der Waals surface area (Å²) in [7, 11) is 0. The number of urea groups is 1. The second kappa shape index (κ2) is 6.75. The van der Waals surface area contributed by atoms with Crippen LogP contribution in [0.15, 0.2) is 36.5 Å². The number of benzene rings is 1. The van der Waals surface area contributed by atoms with E-state index in [2.05, 4.69) is 15.3 Å². The SMILES string of the molecule is Cc1ccnc(-c2ccc(NC(=O)N3CCC[C@@H](O)C3)cc2)n1. The highest BCUT2D eigenvalue weighted by Crippen LogP contribution is 2.19. The molecule has 1 atom stereocenters. The molecule has 0 spiro atoms. The molecule has 6 nitrogen and oxygen atoms in total. The number of piperidine rings is 1. The van der Waals surface area contributed by atoms with E-state index in [1.807, 2.05) is 37.3 Å². The maximum atomic E-state index is 12.2. The first-order valence-corrected chi connectivity index (χ1v) is 7.76. The van der Waals surface area contributed by atoms with Crippen molar-refractivity contribution in [3.8, 4) is 11.4 Å².